The highest BCUT2D eigenvalue weighted by Crippen LogP contribution is 2.23. The Bertz CT molecular complexity index is 512. The van der Waals surface area contributed by atoms with Crippen molar-refractivity contribution in [3.05, 3.63) is 35.4 Å². The van der Waals surface area contributed by atoms with Gasteiger partial charge in [0.1, 0.15) is 0 Å². The van der Waals surface area contributed by atoms with Gasteiger partial charge < -0.3 is 21.1 Å². The van der Waals surface area contributed by atoms with Gasteiger partial charge in [-0.3, -0.25) is 4.79 Å². The number of carbonyl (C=O) groups is 1. The summed E-state index contributed by atoms with van der Waals surface area (Å²) in [4.78, 5) is 12.4. The van der Waals surface area contributed by atoms with Gasteiger partial charge in [-0.1, -0.05) is 24.3 Å². The quantitative estimate of drug-likeness (QED) is 0.757. The van der Waals surface area contributed by atoms with E-state index < -0.39 is 5.54 Å². The Hall–Kier alpha value is -1.43. The zero-order valence-corrected chi connectivity index (χ0v) is 12.2. The molecule has 5 nitrogen and oxygen atoms in total. The predicted molar refractivity (Wildman–Crippen MR) is 80.9 cm³/mol. The molecule has 2 aliphatic rings. The van der Waals surface area contributed by atoms with Crippen molar-refractivity contribution in [2.45, 2.75) is 30.8 Å². The molecule has 1 saturated heterocycles. The smallest absolute Gasteiger partial charge is 0.240 e. The van der Waals surface area contributed by atoms with Gasteiger partial charge >= 0.3 is 0 Å². The fourth-order valence-electron chi connectivity index (χ4n) is 3.11. The van der Waals surface area contributed by atoms with Crippen LogP contribution in [0.1, 0.15) is 30.0 Å². The first-order valence-corrected chi connectivity index (χ1v) is 7.65. The van der Waals surface area contributed by atoms with E-state index in [2.05, 4.69) is 28.8 Å². The van der Waals surface area contributed by atoms with Crippen LogP contribution in [0.3, 0.4) is 0 Å². The Morgan fingerprint density at radius 3 is 2.95 bits per heavy atom. The molecule has 0 radical (unpaired) electrons. The monoisotopic (exact) mass is 289 g/mol. The van der Waals surface area contributed by atoms with Gasteiger partial charge in [-0.25, -0.2) is 0 Å². The fourth-order valence-corrected chi connectivity index (χ4v) is 3.11. The molecule has 1 aromatic carbocycles. The third-order valence-corrected chi connectivity index (χ3v) is 4.52. The molecule has 1 fully saturated rings. The molecule has 1 amide bonds. The number of carbonyl (C=O) groups excluding carboxylic acids is 1. The molecule has 3 rings (SSSR count). The molecule has 1 atom stereocenters. The normalized spacial score (nSPS) is 24.1. The van der Waals surface area contributed by atoms with Crippen LogP contribution in [0, 0.1) is 0 Å². The van der Waals surface area contributed by atoms with E-state index in [1.165, 1.54) is 11.1 Å². The zero-order chi connectivity index (χ0) is 14.7. The van der Waals surface area contributed by atoms with Gasteiger partial charge in [0.05, 0.1) is 5.54 Å². The second-order valence-corrected chi connectivity index (χ2v) is 5.93. The molecule has 2 aliphatic heterocycles. The first kappa shape index (κ1) is 14.5. The number of nitrogens with two attached hydrogens (primary N) is 1. The molecule has 21 heavy (non-hydrogen) atoms. The SMILES string of the molecule is NC1(C(=O)NCC2NCCc3ccccc32)CCOCC1. The van der Waals surface area contributed by atoms with Gasteiger partial charge in [-0.2, -0.15) is 0 Å². The topological polar surface area (TPSA) is 76.4 Å². The van der Waals surface area contributed by atoms with Gasteiger partial charge in [0.2, 0.25) is 5.91 Å². The van der Waals surface area contributed by atoms with Crippen molar-refractivity contribution in [3.63, 3.8) is 0 Å². The van der Waals surface area contributed by atoms with E-state index in [1.807, 2.05) is 6.07 Å². The Morgan fingerprint density at radius 2 is 2.14 bits per heavy atom. The Kier molecular flexibility index (Phi) is 4.24. The van der Waals surface area contributed by atoms with Crippen LogP contribution in [0.5, 0.6) is 0 Å². The lowest BCUT2D eigenvalue weighted by atomic mass is 9.90. The van der Waals surface area contributed by atoms with Crippen molar-refractivity contribution in [2.24, 2.45) is 5.73 Å². The number of rotatable bonds is 3. The van der Waals surface area contributed by atoms with Crippen LogP contribution in [0.15, 0.2) is 24.3 Å². The average molecular weight is 289 g/mol. The minimum absolute atomic E-state index is 0.0596. The third kappa shape index (κ3) is 3.10. The van der Waals surface area contributed by atoms with Crippen molar-refractivity contribution in [1.82, 2.24) is 10.6 Å². The number of fused-ring (bicyclic) bond motifs is 1. The van der Waals surface area contributed by atoms with Gasteiger partial charge in [0.25, 0.3) is 0 Å². The summed E-state index contributed by atoms with van der Waals surface area (Å²) in [6.45, 7) is 2.65. The Morgan fingerprint density at radius 1 is 1.38 bits per heavy atom. The molecule has 2 heterocycles. The molecule has 4 N–H and O–H groups in total. The molecule has 1 aromatic rings. The van der Waals surface area contributed by atoms with Crippen LogP contribution in [-0.2, 0) is 16.0 Å². The lowest BCUT2D eigenvalue weighted by molar-refractivity contribution is -0.129. The summed E-state index contributed by atoms with van der Waals surface area (Å²) in [6.07, 6.45) is 2.22. The summed E-state index contributed by atoms with van der Waals surface area (Å²) < 4.78 is 5.28. The molecule has 0 spiro atoms. The van der Waals surface area contributed by atoms with Gasteiger partial charge in [0, 0.05) is 25.8 Å². The summed E-state index contributed by atoms with van der Waals surface area (Å²) in [6, 6.07) is 8.57. The van der Waals surface area contributed by atoms with Crippen molar-refractivity contribution in [3.8, 4) is 0 Å². The molecular weight excluding hydrogens is 266 g/mol. The lowest BCUT2D eigenvalue weighted by Gasteiger charge is -2.33. The minimum atomic E-state index is -0.771. The molecule has 0 aliphatic carbocycles. The maximum atomic E-state index is 12.4. The molecule has 0 bridgehead atoms. The van der Waals surface area contributed by atoms with E-state index >= 15 is 0 Å². The molecule has 0 aromatic heterocycles. The van der Waals surface area contributed by atoms with Crippen molar-refractivity contribution < 1.29 is 9.53 Å². The van der Waals surface area contributed by atoms with E-state index in [1.54, 1.807) is 0 Å². The van der Waals surface area contributed by atoms with Gasteiger partial charge in [0.15, 0.2) is 0 Å². The first-order valence-electron chi connectivity index (χ1n) is 7.65. The van der Waals surface area contributed by atoms with Crippen molar-refractivity contribution >= 4 is 5.91 Å². The van der Waals surface area contributed by atoms with Crippen LogP contribution >= 0.6 is 0 Å². The largest absolute Gasteiger partial charge is 0.381 e. The van der Waals surface area contributed by atoms with Crippen LogP contribution < -0.4 is 16.4 Å². The number of benzene rings is 1. The van der Waals surface area contributed by atoms with Crippen LogP contribution in [0.4, 0.5) is 0 Å². The molecular formula is C16H23N3O2. The summed E-state index contributed by atoms with van der Waals surface area (Å²) in [5.41, 5.74) is 8.07. The second kappa shape index (κ2) is 6.13. The highest BCUT2D eigenvalue weighted by atomic mass is 16.5. The summed E-state index contributed by atoms with van der Waals surface area (Å²) in [5, 5.41) is 6.49. The zero-order valence-electron chi connectivity index (χ0n) is 12.2. The fraction of sp³-hybridized carbons (Fsp3) is 0.562. The highest BCUT2D eigenvalue weighted by Gasteiger charge is 2.36. The van der Waals surface area contributed by atoms with Crippen molar-refractivity contribution in [2.75, 3.05) is 26.3 Å². The maximum Gasteiger partial charge on any atom is 0.240 e. The highest BCUT2D eigenvalue weighted by molar-refractivity contribution is 5.86. The van der Waals surface area contributed by atoms with Crippen molar-refractivity contribution in [1.29, 1.82) is 0 Å². The van der Waals surface area contributed by atoms with E-state index in [9.17, 15) is 4.79 Å². The molecule has 5 heteroatoms. The van der Waals surface area contributed by atoms with E-state index in [-0.39, 0.29) is 11.9 Å². The number of nitrogens with one attached hydrogen (secondary N) is 2. The predicted octanol–water partition coefficient (Wildman–Crippen LogP) is 0.497. The third-order valence-electron chi connectivity index (χ3n) is 4.52. The summed E-state index contributed by atoms with van der Waals surface area (Å²) in [7, 11) is 0. The van der Waals surface area contributed by atoms with Crippen LogP contribution in [-0.4, -0.2) is 37.7 Å². The standard InChI is InChI=1S/C16H23N3O2/c17-16(6-9-21-10-7-16)15(20)19-11-14-13-4-2-1-3-12(13)5-8-18-14/h1-4,14,18H,5-11,17H2,(H,19,20). The first-order chi connectivity index (χ1) is 10.2. The summed E-state index contributed by atoms with van der Waals surface area (Å²) in [5.74, 6) is -0.0596. The number of hydrogen-bond donors (Lipinski definition) is 3. The van der Waals surface area contributed by atoms with Crippen LogP contribution in [0.2, 0.25) is 0 Å². The van der Waals surface area contributed by atoms with Gasteiger partial charge in [-0.15, -0.1) is 0 Å². The molecule has 1 unspecified atom stereocenters. The average Bonchev–Trinajstić information content (AvgIpc) is 2.53. The lowest BCUT2D eigenvalue weighted by Crippen LogP contribution is -2.57. The van der Waals surface area contributed by atoms with Gasteiger partial charge in [-0.05, 0) is 36.9 Å². The number of amides is 1. The van der Waals surface area contributed by atoms with E-state index in [0.29, 0.717) is 32.6 Å². The summed E-state index contributed by atoms with van der Waals surface area (Å²) >= 11 is 0. The van der Waals surface area contributed by atoms with E-state index in [4.69, 9.17) is 10.5 Å². The number of hydrogen-bond acceptors (Lipinski definition) is 4. The molecule has 114 valence electrons. The molecule has 0 saturated carbocycles. The Labute approximate surface area is 125 Å². The number of ether oxygens (including phenoxy) is 1. The van der Waals surface area contributed by atoms with Crippen LogP contribution in [0.25, 0.3) is 0 Å². The maximum absolute atomic E-state index is 12.4. The Balaban J connectivity index is 1.62. The second-order valence-electron chi connectivity index (χ2n) is 5.93. The minimum Gasteiger partial charge on any atom is -0.381 e. The van der Waals surface area contributed by atoms with E-state index in [0.717, 1.165) is 13.0 Å².